The minimum atomic E-state index is -0.576. The van der Waals surface area contributed by atoms with Gasteiger partial charge in [0.1, 0.15) is 11.6 Å². The van der Waals surface area contributed by atoms with Crippen LogP contribution in [-0.4, -0.2) is 42.8 Å². The zero-order valence-electron chi connectivity index (χ0n) is 15.8. The van der Waals surface area contributed by atoms with Crippen LogP contribution >= 0.6 is 0 Å². The van der Waals surface area contributed by atoms with Crippen molar-refractivity contribution in [3.05, 3.63) is 65.5 Å². The molecule has 4 rings (SSSR count). The van der Waals surface area contributed by atoms with E-state index in [9.17, 15) is 9.18 Å². The summed E-state index contributed by atoms with van der Waals surface area (Å²) in [5, 5.41) is 4.12. The molecular formula is C22H23FN2O3. The van der Waals surface area contributed by atoms with Crippen LogP contribution < -0.4 is 4.74 Å². The molecule has 5 nitrogen and oxygen atoms in total. The molecule has 1 saturated heterocycles. The summed E-state index contributed by atoms with van der Waals surface area (Å²) in [6.45, 7) is 1.14. The van der Waals surface area contributed by atoms with E-state index in [1.165, 1.54) is 6.07 Å². The van der Waals surface area contributed by atoms with Gasteiger partial charge in [0.15, 0.2) is 0 Å². The minimum Gasteiger partial charge on any atom is -0.497 e. The van der Waals surface area contributed by atoms with Gasteiger partial charge >= 0.3 is 0 Å². The first-order chi connectivity index (χ1) is 13.6. The van der Waals surface area contributed by atoms with E-state index in [4.69, 9.17) is 9.57 Å². The lowest BCUT2D eigenvalue weighted by Crippen LogP contribution is -2.37. The highest BCUT2D eigenvalue weighted by atomic mass is 19.1. The highest BCUT2D eigenvalue weighted by molar-refractivity contribution is 5.94. The first-order valence-corrected chi connectivity index (χ1v) is 9.51. The summed E-state index contributed by atoms with van der Waals surface area (Å²) in [5.74, 6) is 0.572. The fourth-order valence-corrected chi connectivity index (χ4v) is 3.87. The summed E-state index contributed by atoms with van der Waals surface area (Å²) in [6, 6.07) is 14.6. The largest absolute Gasteiger partial charge is 0.497 e. The van der Waals surface area contributed by atoms with Crippen LogP contribution in [-0.2, 0) is 16.1 Å². The number of likely N-dealkylation sites (tertiary alicyclic amines) is 1. The van der Waals surface area contributed by atoms with Gasteiger partial charge in [0, 0.05) is 31.8 Å². The van der Waals surface area contributed by atoms with Crippen LogP contribution in [0.1, 0.15) is 29.9 Å². The van der Waals surface area contributed by atoms with E-state index in [1.807, 2.05) is 30.3 Å². The predicted molar refractivity (Wildman–Crippen MR) is 104 cm³/mol. The average Bonchev–Trinajstić information content (AvgIpc) is 3.38. The molecule has 2 aromatic carbocycles. The number of ether oxygens (including phenoxy) is 1. The standard InChI is InChI=1S/C22H23FN2O3/c1-27-18-8-6-15(7-9-18)12-17-13-21(28-24-17)22(26)25-11-10-16(14-25)19-4-2-3-5-20(19)23/h2-9,16,21H,10-14H2,1H3/t16-,21+/m0/s1. The smallest absolute Gasteiger partial charge is 0.266 e. The molecule has 0 aliphatic carbocycles. The number of benzene rings is 2. The van der Waals surface area contributed by atoms with Crippen LogP contribution in [0.2, 0.25) is 0 Å². The van der Waals surface area contributed by atoms with E-state index >= 15 is 0 Å². The van der Waals surface area contributed by atoms with E-state index in [0.717, 1.165) is 23.4 Å². The zero-order chi connectivity index (χ0) is 19.5. The average molecular weight is 382 g/mol. The lowest BCUT2D eigenvalue weighted by Gasteiger charge is -2.19. The summed E-state index contributed by atoms with van der Waals surface area (Å²) in [5.41, 5.74) is 2.63. The van der Waals surface area contributed by atoms with Gasteiger partial charge in [0.25, 0.3) is 5.91 Å². The number of carbonyl (C=O) groups is 1. The van der Waals surface area contributed by atoms with Crippen molar-refractivity contribution in [3.63, 3.8) is 0 Å². The molecule has 1 fully saturated rings. The van der Waals surface area contributed by atoms with Crippen molar-refractivity contribution in [2.45, 2.75) is 31.3 Å². The van der Waals surface area contributed by atoms with Gasteiger partial charge in [0.2, 0.25) is 6.10 Å². The Balaban J connectivity index is 1.32. The van der Waals surface area contributed by atoms with Crippen LogP contribution in [0.5, 0.6) is 5.75 Å². The first kappa shape index (κ1) is 18.5. The van der Waals surface area contributed by atoms with E-state index in [-0.39, 0.29) is 17.6 Å². The van der Waals surface area contributed by atoms with Crippen LogP contribution in [0.3, 0.4) is 0 Å². The fraction of sp³-hybridized carbons (Fsp3) is 0.364. The first-order valence-electron chi connectivity index (χ1n) is 9.51. The molecule has 1 amide bonds. The van der Waals surface area contributed by atoms with Crippen molar-refractivity contribution >= 4 is 11.6 Å². The summed E-state index contributed by atoms with van der Waals surface area (Å²) in [4.78, 5) is 20.0. The molecule has 0 bridgehead atoms. The number of nitrogens with zero attached hydrogens (tertiary/aromatic N) is 2. The normalized spacial score (nSPS) is 21.4. The Morgan fingerprint density at radius 3 is 2.79 bits per heavy atom. The molecular weight excluding hydrogens is 359 g/mol. The maximum absolute atomic E-state index is 14.0. The second kappa shape index (κ2) is 8.00. The Hall–Kier alpha value is -2.89. The van der Waals surface area contributed by atoms with Crippen molar-refractivity contribution in [1.82, 2.24) is 4.90 Å². The van der Waals surface area contributed by atoms with Crippen molar-refractivity contribution in [3.8, 4) is 5.75 Å². The maximum Gasteiger partial charge on any atom is 0.266 e. The lowest BCUT2D eigenvalue weighted by molar-refractivity contribution is -0.141. The number of methoxy groups -OCH3 is 1. The quantitative estimate of drug-likeness (QED) is 0.795. The summed E-state index contributed by atoms with van der Waals surface area (Å²) in [6.07, 6.45) is 1.32. The molecule has 0 N–H and O–H groups in total. The number of amides is 1. The van der Waals surface area contributed by atoms with Crippen LogP contribution in [0.4, 0.5) is 4.39 Å². The number of rotatable bonds is 5. The van der Waals surface area contributed by atoms with Crippen molar-refractivity contribution in [2.75, 3.05) is 20.2 Å². The molecule has 146 valence electrons. The molecule has 2 atom stereocenters. The van der Waals surface area contributed by atoms with E-state index < -0.39 is 6.10 Å². The predicted octanol–water partition coefficient (Wildman–Crippen LogP) is 3.54. The molecule has 0 saturated carbocycles. The molecule has 0 spiro atoms. The Kier molecular flexibility index (Phi) is 5.28. The molecule has 0 aromatic heterocycles. The number of carbonyl (C=O) groups excluding carboxylic acids is 1. The van der Waals surface area contributed by atoms with E-state index in [1.54, 1.807) is 24.1 Å². The van der Waals surface area contributed by atoms with Gasteiger partial charge in [0.05, 0.1) is 12.8 Å². The SMILES string of the molecule is COc1ccc(CC2=NO[C@@H](C(=O)N3CC[C@H](c4ccccc4F)C3)C2)cc1. The Morgan fingerprint density at radius 2 is 2.04 bits per heavy atom. The van der Waals surface area contributed by atoms with Gasteiger partial charge < -0.3 is 14.5 Å². The van der Waals surface area contributed by atoms with E-state index in [2.05, 4.69) is 5.16 Å². The number of hydrogen-bond acceptors (Lipinski definition) is 4. The number of halogens is 1. The molecule has 6 heteroatoms. The summed E-state index contributed by atoms with van der Waals surface area (Å²) < 4.78 is 19.2. The van der Waals surface area contributed by atoms with Gasteiger partial charge in [-0.05, 0) is 35.7 Å². The lowest BCUT2D eigenvalue weighted by atomic mass is 9.98. The summed E-state index contributed by atoms with van der Waals surface area (Å²) >= 11 is 0. The molecule has 2 aliphatic heterocycles. The fourth-order valence-electron chi connectivity index (χ4n) is 3.87. The third-order valence-electron chi connectivity index (χ3n) is 5.42. The number of hydrogen-bond donors (Lipinski definition) is 0. The van der Waals surface area contributed by atoms with Gasteiger partial charge in [-0.2, -0.15) is 0 Å². The zero-order valence-corrected chi connectivity index (χ0v) is 15.8. The number of oxime groups is 1. The second-order valence-corrected chi connectivity index (χ2v) is 7.27. The summed E-state index contributed by atoms with van der Waals surface area (Å²) in [7, 11) is 1.63. The topological polar surface area (TPSA) is 51.1 Å². The second-order valence-electron chi connectivity index (χ2n) is 7.27. The minimum absolute atomic E-state index is 0.0336. The third-order valence-corrected chi connectivity index (χ3v) is 5.42. The molecule has 2 aromatic rings. The third kappa shape index (κ3) is 3.86. The Morgan fingerprint density at radius 1 is 1.25 bits per heavy atom. The maximum atomic E-state index is 14.0. The van der Waals surface area contributed by atoms with Gasteiger partial charge in [-0.3, -0.25) is 4.79 Å². The monoisotopic (exact) mass is 382 g/mol. The highest BCUT2D eigenvalue weighted by Gasteiger charge is 2.36. The molecule has 2 heterocycles. The van der Waals surface area contributed by atoms with Crippen LogP contribution in [0, 0.1) is 5.82 Å². The van der Waals surface area contributed by atoms with Crippen LogP contribution in [0.15, 0.2) is 53.7 Å². The van der Waals surface area contributed by atoms with E-state index in [0.29, 0.717) is 31.5 Å². The molecule has 0 radical (unpaired) electrons. The Bertz CT molecular complexity index is 882. The van der Waals surface area contributed by atoms with Crippen molar-refractivity contribution in [1.29, 1.82) is 0 Å². The van der Waals surface area contributed by atoms with Crippen molar-refractivity contribution in [2.24, 2.45) is 5.16 Å². The molecule has 0 unspecified atom stereocenters. The van der Waals surface area contributed by atoms with Gasteiger partial charge in [-0.1, -0.05) is 35.5 Å². The van der Waals surface area contributed by atoms with Gasteiger partial charge in [-0.15, -0.1) is 0 Å². The molecule has 28 heavy (non-hydrogen) atoms. The van der Waals surface area contributed by atoms with Crippen molar-refractivity contribution < 1.29 is 18.8 Å². The van der Waals surface area contributed by atoms with Crippen LogP contribution in [0.25, 0.3) is 0 Å². The Labute approximate surface area is 163 Å². The molecule has 2 aliphatic rings. The highest BCUT2D eigenvalue weighted by Crippen LogP contribution is 2.30. The van der Waals surface area contributed by atoms with Gasteiger partial charge in [-0.25, -0.2) is 4.39 Å².